The number of halogens is 1. The third-order valence-electron chi connectivity index (χ3n) is 6.39. The maximum atomic E-state index is 13.7. The minimum absolute atomic E-state index is 0.0126. The van der Waals surface area contributed by atoms with Crippen molar-refractivity contribution in [3.05, 3.63) is 101 Å². The van der Waals surface area contributed by atoms with Gasteiger partial charge < -0.3 is 15.2 Å². The summed E-state index contributed by atoms with van der Waals surface area (Å²) in [5, 5.41) is 5.04. The lowest BCUT2D eigenvalue weighted by Crippen LogP contribution is -2.30. The molecule has 2 heterocycles. The fourth-order valence-electron chi connectivity index (χ4n) is 4.58. The number of Topliss-reactive ketones (excluding diaryl/α,β-unsaturated/α-hetero) is 1. The third-order valence-corrected chi connectivity index (χ3v) is 6.64. The molecule has 0 spiro atoms. The molecule has 0 saturated carbocycles. The van der Waals surface area contributed by atoms with Gasteiger partial charge in [-0.05, 0) is 48.2 Å². The molecule has 5 rings (SSSR count). The quantitative estimate of drug-likeness (QED) is 0.324. The van der Waals surface area contributed by atoms with Crippen LogP contribution in [0.25, 0.3) is 10.9 Å². The molecule has 0 aliphatic carbocycles. The first-order valence-electron chi connectivity index (χ1n) is 11.6. The highest BCUT2D eigenvalue weighted by Gasteiger charge is 2.25. The smallest absolute Gasteiger partial charge is 0.227 e. The Bertz CT molecular complexity index is 1310. The standard InChI is InChI=1S/C28H26ClN3O2/c29-21-10-8-19(9-11-21)14-15-30-27(20-5-2-1-3-6-20)28(34)24-18-31-25-17-22(12-13-23(24)25)32-16-4-7-26(32)33/h1-3,5-6,8-13,17-18,27,30-31H,4,7,14-16H2/t27-/m1/s1. The van der Waals surface area contributed by atoms with Gasteiger partial charge in [0.05, 0.1) is 6.04 Å². The summed E-state index contributed by atoms with van der Waals surface area (Å²) in [7, 11) is 0. The van der Waals surface area contributed by atoms with E-state index >= 15 is 0 Å². The molecule has 1 aliphatic rings. The van der Waals surface area contributed by atoms with Crippen molar-refractivity contribution in [2.75, 3.05) is 18.0 Å². The number of fused-ring (bicyclic) bond motifs is 1. The fourth-order valence-corrected chi connectivity index (χ4v) is 4.71. The van der Waals surface area contributed by atoms with Crippen LogP contribution in [0.15, 0.2) is 79.0 Å². The van der Waals surface area contributed by atoms with Crippen LogP contribution < -0.4 is 10.2 Å². The average Bonchev–Trinajstić information content (AvgIpc) is 3.49. The van der Waals surface area contributed by atoms with Gasteiger partial charge in [0.2, 0.25) is 5.91 Å². The minimum Gasteiger partial charge on any atom is -0.360 e. The number of nitrogens with zero attached hydrogens (tertiary/aromatic N) is 1. The van der Waals surface area contributed by atoms with Crippen LogP contribution in [0, 0.1) is 0 Å². The van der Waals surface area contributed by atoms with E-state index in [2.05, 4.69) is 10.3 Å². The molecule has 0 radical (unpaired) electrons. The predicted octanol–water partition coefficient (Wildman–Crippen LogP) is 5.70. The number of amides is 1. The fraction of sp³-hybridized carbons (Fsp3) is 0.214. The Morgan fingerprint density at radius 2 is 1.85 bits per heavy atom. The summed E-state index contributed by atoms with van der Waals surface area (Å²) in [5.41, 5.74) is 4.46. The van der Waals surface area contributed by atoms with Gasteiger partial charge in [-0.3, -0.25) is 9.59 Å². The number of nitrogens with one attached hydrogen (secondary N) is 2. The van der Waals surface area contributed by atoms with Crippen molar-refractivity contribution in [2.45, 2.75) is 25.3 Å². The van der Waals surface area contributed by atoms with E-state index in [1.54, 1.807) is 6.20 Å². The lowest BCUT2D eigenvalue weighted by atomic mass is 9.96. The maximum absolute atomic E-state index is 13.7. The van der Waals surface area contributed by atoms with Gasteiger partial charge in [0.15, 0.2) is 5.78 Å². The summed E-state index contributed by atoms with van der Waals surface area (Å²) >= 11 is 5.99. The molecular formula is C28H26ClN3O2. The van der Waals surface area contributed by atoms with Crippen molar-refractivity contribution in [1.82, 2.24) is 10.3 Å². The molecule has 3 aromatic carbocycles. The van der Waals surface area contributed by atoms with Crippen molar-refractivity contribution in [1.29, 1.82) is 0 Å². The first-order chi connectivity index (χ1) is 16.6. The summed E-state index contributed by atoms with van der Waals surface area (Å²) in [5.74, 6) is 0.162. The van der Waals surface area contributed by atoms with Crippen LogP contribution in [0.3, 0.4) is 0 Å². The summed E-state index contributed by atoms with van der Waals surface area (Å²) in [6, 6.07) is 22.9. The number of H-pyrrole nitrogens is 1. The summed E-state index contributed by atoms with van der Waals surface area (Å²) in [6.45, 7) is 1.39. The van der Waals surface area contributed by atoms with Gasteiger partial charge in [0, 0.05) is 52.9 Å². The van der Waals surface area contributed by atoms with Crippen LogP contribution in [-0.2, 0) is 11.2 Å². The first-order valence-corrected chi connectivity index (χ1v) is 12.0. The predicted molar refractivity (Wildman–Crippen MR) is 137 cm³/mol. The molecule has 4 aromatic rings. The van der Waals surface area contributed by atoms with Crippen molar-refractivity contribution in [3.8, 4) is 0 Å². The largest absolute Gasteiger partial charge is 0.360 e. The van der Waals surface area contributed by atoms with Crippen molar-refractivity contribution in [3.63, 3.8) is 0 Å². The number of anilines is 1. The molecule has 0 unspecified atom stereocenters. The van der Waals surface area contributed by atoms with Crippen LogP contribution in [-0.4, -0.2) is 29.8 Å². The highest BCUT2D eigenvalue weighted by Crippen LogP contribution is 2.29. The van der Waals surface area contributed by atoms with Gasteiger partial charge in [-0.1, -0.05) is 60.1 Å². The van der Waals surface area contributed by atoms with Crippen LogP contribution in [0.2, 0.25) is 5.02 Å². The van der Waals surface area contributed by atoms with E-state index < -0.39 is 6.04 Å². The van der Waals surface area contributed by atoms with Crippen LogP contribution >= 0.6 is 11.6 Å². The van der Waals surface area contributed by atoms with E-state index in [1.807, 2.05) is 77.7 Å². The van der Waals surface area contributed by atoms with E-state index in [0.717, 1.165) is 47.1 Å². The van der Waals surface area contributed by atoms with Crippen molar-refractivity contribution >= 4 is 39.9 Å². The second-order valence-corrected chi connectivity index (χ2v) is 9.06. The molecule has 34 heavy (non-hydrogen) atoms. The normalized spacial score (nSPS) is 14.6. The van der Waals surface area contributed by atoms with Crippen LogP contribution in [0.4, 0.5) is 5.69 Å². The lowest BCUT2D eigenvalue weighted by Gasteiger charge is -2.18. The Morgan fingerprint density at radius 1 is 1.06 bits per heavy atom. The molecule has 1 fully saturated rings. The second kappa shape index (κ2) is 9.84. The minimum atomic E-state index is -0.465. The third kappa shape index (κ3) is 4.63. The van der Waals surface area contributed by atoms with Gasteiger partial charge >= 0.3 is 0 Å². The van der Waals surface area contributed by atoms with Crippen LogP contribution in [0.1, 0.15) is 40.4 Å². The number of carbonyl (C=O) groups excluding carboxylic acids is 2. The molecule has 1 aromatic heterocycles. The zero-order chi connectivity index (χ0) is 23.5. The summed E-state index contributed by atoms with van der Waals surface area (Å²) in [4.78, 5) is 30.9. The lowest BCUT2D eigenvalue weighted by molar-refractivity contribution is -0.117. The Hall–Kier alpha value is -3.41. The van der Waals surface area contributed by atoms with E-state index in [4.69, 9.17) is 11.6 Å². The molecule has 0 bridgehead atoms. The van der Waals surface area contributed by atoms with E-state index in [-0.39, 0.29) is 11.7 Å². The van der Waals surface area contributed by atoms with Crippen molar-refractivity contribution < 1.29 is 9.59 Å². The van der Waals surface area contributed by atoms with Crippen molar-refractivity contribution in [2.24, 2.45) is 0 Å². The number of benzene rings is 3. The Balaban J connectivity index is 1.39. The number of aromatic nitrogens is 1. The number of carbonyl (C=O) groups is 2. The van der Waals surface area contributed by atoms with Crippen LogP contribution in [0.5, 0.6) is 0 Å². The number of hydrogen-bond donors (Lipinski definition) is 2. The van der Waals surface area contributed by atoms with Gasteiger partial charge in [0.25, 0.3) is 0 Å². The Morgan fingerprint density at radius 3 is 2.59 bits per heavy atom. The highest BCUT2D eigenvalue weighted by molar-refractivity contribution is 6.30. The molecule has 6 heteroatoms. The molecule has 2 N–H and O–H groups in total. The molecule has 1 aliphatic heterocycles. The van der Waals surface area contributed by atoms with Gasteiger partial charge in [0.1, 0.15) is 0 Å². The van der Waals surface area contributed by atoms with E-state index in [0.29, 0.717) is 23.6 Å². The summed E-state index contributed by atoms with van der Waals surface area (Å²) in [6.07, 6.45) is 4.03. The second-order valence-electron chi connectivity index (χ2n) is 8.62. The van der Waals surface area contributed by atoms with E-state index in [1.165, 1.54) is 0 Å². The SMILES string of the molecule is O=C(c1c[nH]c2cc(N3CCCC3=O)ccc12)[C@H](NCCc1ccc(Cl)cc1)c1ccccc1. The van der Waals surface area contributed by atoms with Gasteiger partial charge in [-0.2, -0.15) is 0 Å². The highest BCUT2D eigenvalue weighted by atomic mass is 35.5. The number of hydrogen-bond acceptors (Lipinski definition) is 3. The molecular weight excluding hydrogens is 446 g/mol. The maximum Gasteiger partial charge on any atom is 0.227 e. The number of aromatic amines is 1. The zero-order valence-electron chi connectivity index (χ0n) is 18.8. The topological polar surface area (TPSA) is 65.2 Å². The molecule has 1 amide bonds. The number of rotatable bonds is 8. The zero-order valence-corrected chi connectivity index (χ0v) is 19.5. The number of ketones is 1. The molecule has 172 valence electrons. The summed E-state index contributed by atoms with van der Waals surface area (Å²) < 4.78 is 0. The molecule has 1 saturated heterocycles. The Labute approximate surface area is 203 Å². The molecule has 5 nitrogen and oxygen atoms in total. The Kier molecular flexibility index (Phi) is 6.48. The average molecular weight is 472 g/mol. The molecule has 1 atom stereocenters. The first kappa shape index (κ1) is 22.4. The monoisotopic (exact) mass is 471 g/mol. The van der Waals surface area contributed by atoms with Gasteiger partial charge in [-0.15, -0.1) is 0 Å². The van der Waals surface area contributed by atoms with E-state index in [9.17, 15) is 9.59 Å². The van der Waals surface area contributed by atoms with Gasteiger partial charge in [-0.25, -0.2) is 0 Å².